The van der Waals surface area contributed by atoms with Gasteiger partial charge in [0.05, 0.1) is 5.54 Å². The van der Waals surface area contributed by atoms with Crippen molar-refractivity contribution in [1.82, 2.24) is 10.2 Å². The van der Waals surface area contributed by atoms with Crippen molar-refractivity contribution in [3.05, 3.63) is 35.6 Å². The number of nitrogens with zero attached hydrogens (tertiary/aromatic N) is 1. The Morgan fingerprint density at radius 2 is 2.17 bits per heavy atom. The van der Waals surface area contributed by atoms with E-state index < -0.39 is 0 Å². The van der Waals surface area contributed by atoms with Crippen molar-refractivity contribution >= 4 is 18.3 Å². The molecule has 18 heavy (non-hydrogen) atoms. The van der Waals surface area contributed by atoms with Gasteiger partial charge < -0.3 is 10.2 Å². The fourth-order valence-electron chi connectivity index (χ4n) is 2.53. The first-order valence-corrected chi connectivity index (χ1v) is 6.00. The molecule has 1 aliphatic heterocycles. The molecule has 1 saturated heterocycles. The van der Waals surface area contributed by atoms with Gasteiger partial charge in [0.2, 0.25) is 0 Å². The molecule has 0 radical (unpaired) electrons. The molecule has 1 aromatic rings. The highest BCUT2D eigenvalue weighted by Crippen LogP contribution is 2.42. The van der Waals surface area contributed by atoms with Crippen LogP contribution >= 0.6 is 12.4 Å². The number of carbonyl (C=O) groups is 1. The molecule has 1 aromatic carbocycles. The molecule has 1 amide bonds. The van der Waals surface area contributed by atoms with Crippen molar-refractivity contribution in [2.75, 3.05) is 19.6 Å². The molecule has 1 spiro atoms. The van der Waals surface area contributed by atoms with Crippen LogP contribution in [0.15, 0.2) is 24.3 Å². The number of benzene rings is 1. The number of piperazine rings is 1. The largest absolute Gasteiger partial charge is 0.330 e. The summed E-state index contributed by atoms with van der Waals surface area (Å²) in [6, 6.07) is 5.95. The Bertz CT molecular complexity index is 462. The quantitative estimate of drug-likeness (QED) is 0.844. The van der Waals surface area contributed by atoms with Crippen molar-refractivity contribution in [1.29, 1.82) is 0 Å². The van der Waals surface area contributed by atoms with Crippen LogP contribution in [0.3, 0.4) is 0 Å². The first-order valence-electron chi connectivity index (χ1n) is 6.00. The predicted octanol–water partition coefficient (Wildman–Crippen LogP) is 1.83. The van der Waals surface area contributed by atoms with Gasteiger partial charge in [0.1, 0.15) is 5.82 Å². The molecule has 2 fully saturated rings. The summed E-state index contributed by atoms with van der Waals surface area (Å²) < 4.78 is 13.1. The van der Waals surface area contributed by atoms with E-state index in [2.05, 4.69) is 5.32 Å². The Morgan fingerprint density at radius 3 is 2.83 bits per heavy atom. The van der Waals surface area contributed by atoms with Crippen LogP contribution in [0.1, 0.15) is 23.2 Å². The summed E-state index contributed by atoms with van der Waals surface area (Å²) in [5.74, 6) is -0.390. The Kier molecular flexibility index (Phi) is 3.59. The SMILES string of the molecule is Cl.O=C(c1cccc(F)c1)N1CCNCC12CC2. The van der Waals surface area contributed by atoms with Crippen molar-refractivity contribution in [2.45, 2.75) is 18.4 Å². The van der Waals surface area contributed by atoms with Gasteiger partial charge in [-0.3, -0.25) is 4.79 Å². The van der Waals surface area contributed by atoms with Crippen LogP contribution in [0.5, 0.6) is 0 Å². The number of rotatable bonds is 1. The average molecular weight is 271 g/mol. The fourth-order valence-corrected chi connectivity index (χ4v) is 2.53. The molecule has 0 aromatic heterocycles. The lowest BCUT2D eigenvalue weighted by Gasteiger charge is -2.36. The predicted molar refractivity (Wildman–Crippen MR) is 69.5 cm³/mol. The van der Waals surface area contributed by atoms with Gasteiger partial charge in [0.25, 0.3) is 5.91 Å². The zero-order valence-electron chi connectivity index (χ0n) is 9.99. The second kappa shape index (κ2) is 4.86. The number of nitrogens with one attached hydrogen (secondary N) is 1. The number of hydrogen-bond acceptors (Lipinski definition) is 2. The van der Waals surface area contributed by atoms with E-state index in [-0.39, 0.29) is 29.7 Å². The Morgan fingerprint density at radius 1 is 1.39 bits per heavy atom. The number of amides is 1. The van der Waals surface area contributed by atoms with E-state index in [4.69, 9.17) is 0 Å². The van der Waals surface area contributed by atoms with E-state index in [1.165, 1.54) is 12.1 Å². The van der Waals surface area contributed by atoms with Gasteiger partial charge in [0, 0.05) is 25.2 Å². The van der Waals surface area contributed by atoms with Crippen LogP contribution in [0, 0.1) is 5.82 Å². The lowest BCUT2D eigenvalue weighted by Crippen LogP contribution is -2.55. The summed E-state index contributed by atoms with van der Waals surface area (Å²) in [6.45, 7) is 2.41. The molecule has 2 aliphatic rings. The smallest absolute Gasteiger partial charge is 0.254 e. The standard InChI is InChI=1S/C13H15FN2O.ClH/c14-11-3-1-2-10(8-11)12(17)16-7-6-15-9-13(16)4-5-13;/h1-3,8,15H,4-7,9H2;1H. The van der Waals surface area contributed by atoms with Crippen LogP contribution in [0.25, 0.3) is 0 Å². The lowest BCUT2D eigenvalue weighted by molar-refractivity contribution is 0.0600. The van der Waals surface area contributed by atoms with Gasteiger partial charge in [-0.1, -0.05) is 6.07 Å². The molecule has 3 nitrogen and oxygen atoms in total. The van der Waals surface area contributed by atoms with Gasteiger partial charge in [-0.15, -0.1) is 12.4 Å². The van der Waals surface area contributed by atoms with Gasteiger partial charge in [-0.2, -0.15) is 0 Å². The lowest BCUT2D eigenvalue weighted by atomic mass is 10.1. The zero-order chi connectivity index (χ0) is 11.9. The van der Waals surface area contributed by atoms with E-state index >= 15 is 0 Å². The summed E-state index contributed by atoms with van der Waals surface area (Å²) >= 11 is 0. The molecule has 3 rings (SSSR count). The molecule has 0 atom stereocenters. The van der Waals surface area contributed by atoms with E-state index in [0.717, 1.165) is 32.5 Å². The third kappa shape index (κ3) is 2.22. The molecular weight excluding hydrogens is 255 g/mol. The Balaban J connectivity index is 0.00000120. The minimum Gasteiger partial charge on any atom is -0.330 e. The van der Waals surface area contributed by atoms with Crippen molar-refractivity contribution in [3.8, 4) is 0 Å². The molecule has 98 valence electrons. The van der Waals surface area contributed by atoms with Gasteiger partial charge >= 0.3 is 0 Å². The maximum Gasteiger partial charge on any atom is 0.254 e. The fraction of sp³-hybridized carbons (Fsp3) is 0.462. The van der Waals surface area contributed by atoms with Crippen LogP contribution in [-0.2, 0) is 0 Å². The van der Waals surface area contributed by atoms with Crippen LogP contribution < -0.4 is 5.32 Å². The van der Waals surface area contributed by atoms with E-state index in [1.54, 1.807) is 12.1 Å². The zero-order valence-corrected chi connectivity index (χ0v) is 10.8. The summed E-state index contributed by atoms with van der Waals surface area (Å²) in [5.41, 5.74) is 0.472. The van der Waals surface area contributed by atoms with Crippen LogP contribution in [-0.4, -0.2) is 36.0 Å². The van der Waals surface area contributed by atoms with Crippen LogP contribution in [0.2, 0.25) is 0 Å². The molecular formula is C13H16ClFN2O. The third-order valence-corrected chi connectivity index (χ3v) is 3.68. The highest BCUT2D eigenvalue weighted by atomic mass is 35.5. The van der Waals surface area contributed by atoms with Gasteiger partial charge in [-0.05, 0) is 31.0 Å². The highest BCUT2D eigenvalue weighted by molar-refractivity contribution is 5.95. The van der Waals surface area contributed by atoms with Crippen LogP contribution in [0.4, 0.5) is 4.39 Å². The first kappa shape index (κ1) is 13.3. The summed E-state index contributed by atoms with van der Waals surface area (Å²) in [7, 11) is 0. The minimum atomic E-state index is -0.351. The number of hydrogen-bond donors (Lipinski definition) is 1. The molecule has 5 heteroatoms. The molecule has 1 N–H and O–H groups in total. The normalized spacial score (nSPS) is 20.4. The minimum absolute atomic E-state index is 0. The summed E-state index contributed by atoms with van der Waals surface area (Å²) in [4.78, 5) is 14.3. The second-order valence-corrected chi connectivity index (χ2v) is 4.87. The molecule has 1 saturated carbocycles. The van der Waals surface area contributed by atoms with E-state index in [0.29, 0.717) is 5.56 Å². The molecule has 1 heterocycles. The van der Waals surface area contributed by atoms with Crippen molar-refractivity contribution in [2.24, 2.45) is 0 Å². The Labute approximate surface area is 112 Å². The number of carbonyl (C=O) groups excluding carboxylic acids is 1. The first-order chi connectivity index (χ1) is 8.21. The summed E-state index contributed by atoms with van der Waals surface area (Å²) in [5, 5.41) is 3.32. The van der Waals surface area contributed by atoms with Crippen molar-refractivity contribution in [3.63, 3.8) is 0 Å². The maximum absolute atomic E-state index is 13.1. The molecule has 0 unspecified atom stereocenters. The van der Waals surface area contributed by atoms with Gasteiger partial charge in [0.15, 0.2) is 0 Å². The van der Waals surface area contributed by atoms with Gasteiger partial charge in [-0.25, -0.2) is 4.39 Å². The summed E-state index contributed by atoms with van der Waals surface area (Å²) in [6.07, 6.45) is 2.11. The van der Waals surface area contributed by atoms with E-state index in [1.807, 2.05) is 4.90 Å². The van der Waals surface area contributed by atoms with E-state index in [9.17, 15) is 9.18 Å². The maximum atomic E-state index is 13.1. The van der Waals surface area contributed by atoms with Crippen molar-refractivity contribution < 1.29 is 9.18 Å². The molecule has 1 aliphatic carbocycles. The Hall–Kier alpha value is -1.13. The topological polar surface area (TPSA) is 32.3 Å². The number of halogens is 2. The monoisotopic (exact) mass is 270 g/mol. The average Bonchev–Trinajstić information content (AvgIpc) is 3.09. The molecule has 0 bridgehead atoms. The third-order valence-electron chi connectivity index (χ3n) is 3.68. The second-order valence-electron chi connectivity index (χ2n) is 4.87. The highest BCUT2D eigenvalue weighted by Gasteiger charge is 2.51.